The molecular formula is C12H17ClN2O. The molecule has 0 spiro atoms. The summed E-state index contributed by atoms with van der Waals surface area (Å²) in [5.74, 6) is 0.231. The highest BCUT2D eigenvalue weighted by atomic mass is 35.5. The molecule has 0 aliphatic carbocycles. The maximum Gasteiger partial charge on any atom is 0.0850 e. The predicted molar refractivity (Wildman–Crippen MR) is 66.4 cm³/mol. The number of aliphatic hydroxyl groups excluding tert-OH is 1. The van der Waals surface area contributed by atoms with E-state index >= 15 is 0 Å². The third kappa shape index (κ3) is 2.48. The quantitative estimate of drug-likeness (QED) is 0.693. The van der Waals surface area contributed by atoms with Gasteiger partial charge in [-0.3, -0.25) is 0 Å². The Kier molecular flexibility index (Phi) is 3.69. The molecule has 1 saturated heterocycles. The molecule has 2 rings (SSSR count). The first-order chi connectivity index (χ1) is 7.68. The minimum Gasteiger partial charge on any atom is -0.398 e. The molecule has 2 unspecified atom stereocenters. The molecule has 2 atom stereocenters. The Morgan fingerprint density at radius 2 is 2.31 bits per heavy atom. The Bertz CT molecular complexity index is 364. The number of anilines is 1. The van der Waals surface area contributed by atoms with Crippen molar-refractivity contribution in [2.24, 2.45) is 5.92 Å². The molecular weight excluding hydrogens is 224 g/mol. The zero-order chi connectivity index (χ0) is 11.5. The zero-order valence-corrected chi connectivity index (χ0v) is 9.87. The van der Waals surface area contributed by atoms with Crippen LogP contribution in [0.25, 0.3) is 0 Å². The van der Waals surface area contributed by atoms with Crippen molar-refractivity contribution in [2.75, 3.05) is 18.8 Å². The van der Waals surface area contributed by atoms with Crippen molar-refractivity contribution in [2.45, 2.75) is 18.9 Å². The standard InChI is InChI=1S/C12H17ClN2O/c13-9-3-4-11(14)10(6-9)12(16)8-2-1-5-15-7-8/h3-4,6,8,12,15-16H,1-2,5,7,14H2. The highest BCUT2D eigenvalue weighted by molar-refractivity contribution is 6.30. The lowest BCUT2D eigenvalue weighted by atomic mass is 9.89. The van der Waals surface area contributed by atoms with Gasteiger partial charge < -0.3 is 16.2 Å². The lowest BCUT2D eigenvalue weighted by Gasteiger charge is -2.28. The number of hydrogen-bond donors (Lipinski definition) is 3. The van der Waals surface area contributed by atoms with Crippen LogP contribution in [0.15, 0.2) is 18.2 Å². The second-order valence-corrected chi connectivity index (χ2v) is 4.76. The largest absolute Gasteiger partial charge is 0.398 e. The summed E-state index contributed by atoms with van der Waals surface area (Å²) < 4.78 is 0. The van der Waals surface area contributed by atoms with Crippen molar-refractivity contribution in [1.29, 1.82) is 0 Å². The normalized spacial score (nSPS) is 23.0. The third-order valence-electron chi connectivity index (χ3n) is 3.15. The van der Waals surface area contributed by atoms with Crippen molar-refractivity contribution in [3.8, 4) is 0 Å². The summed E-state index contributed by atoms with van der Waals surface area (Å²) in [5.41, 5.74) is 7.22. The van der Waals surface area contributed by atoms with E-state index in [4.69, 9.17) is 17.3 Å². The summed E-state index contributed by atoms with van der Waals surface area (Å²) in [7, 11) is 0. The van der Waals surface area contributed by atoms with Gasteiger partial charge >= 0.3 is 0 Å². The molecule has 1 aromatic rings. The second kappa shape index (κ2) is 5.04. The first kappa shape index (κ1) is 11.7. The number of benzene rings is 1. The van der Waals surface area contributed by atoms with Crippen LogP contribution in [0.5, 0.6) is 0 Å². The fraction of sp³-hybridized carbons (Fsp3) is 0.500. The molecule has 88 valence electrons. The Morgan fingerprint density at radius 1 is 1.50 bits per heavy atom. The van der Waals surface area contributed by atoms with Gasteiger partial charge in [0.2, 0.25) is 0 Å². The molecule has 0 aromatic heterocycles. The van der Waals surface area contributed by atoms with Crippen LogP contribution in [0.2, 0.25) is 5.02 Å². The number of aliphatic hydroxyl groups is 1. The summed E-state index contributed by atoms with van der Waals surface area (Å²) >= 11 is 5.92. The Balaban J connectivity index is 2.18. The smallest absolute Gasteiger partial charge is 0.0850 e. The van der Waals surface area contributed by atoms with Crippen LogP contribution in [0, 0.1) is 5.92 Å². The number of nitrogen functional groups attached to an aromatic ring is 1. The van der Waals surface area contributed by atoms with Crippen LogP contribution in [0.3, 0.4) is 0 Å². The zero-order valence-electron chi connectivity index (χ0n) is 9.12. The Hall–Kier alpha value is -0.770. The van der Waals surface area contributed by atoms with Gasteiger partial charge in [0.1, 0.15) is 0 Å². The van der Waals surface area contributed by atoms with Crippen molar-refractivity contribution in [3.05, 3.63) is 28.8 Å². The topological polar surface area (TPSA) is 58.3 Å². The van der Waals surface area contributed by atoms with E-state index in [9.17, 15) is 5.11 Å². The fourth-order valence-corrected chi connectivity index (χ4v) is 2.38. The van der Waals surface area contributed by atoms with Gasteiger partial charge in [0.15, 0.2) is 0 Å². The molecule has 4 heteroatoms. The summed E-state index contributed by atoms with van der Waals surface area (Å²) in [6, 6.07) is 5.25. The monoisotopic (exact) mass is 240 g/mol. The molecule has 1 fully saturated rings. The second-order valence-electron chi connectivity index (χ2n) is 4.32. The number of halogens is 1. The first-order valence-electron chi connectivity index (χ1n) is 5.62. The van der Waals surface area contributed by atoms with Gasteiger partial charge in [0.25, 0.3) is 0 Å². The molecule has 0 saturated carbocycles. The molecule has 0 amide bonds. The highest BCUT2D eigenvalue weighted by Crippen LogP contribution is 2.32. The molecule has 1 aromatic carbocycles. The van der Waals surface area contributed by atoms with Crippen LogP contribution >= 0.6 is 11.6 Å². The number of rotatable bonds is 2. The number of piperidine rings is 1. The van der Waals surface area contributed by atoms with Gasteiger partial charge in [0.05, 0.1) is 6.10 Å². The van der Waals surface area contributed by atoms with Gasteiger partial charge in [0, 0.05) is 28.7 Å². The van der Waals surface area contributed by atoms with Gasteiger partial charge in [-0.15, -0.1) is 0 Å². The van der Waals surface area contributed by atoms with Crippen LogP contribution in [-0.2, 0) is 0 Å². The van der Waals surface area contributed by atoms with Gasteiger partial charge in [-0.1, -0.05) is 11.6 Å². The van der Waals surface area contributed by atoms with Gasteiger partial charge in [-0.25, -0.2) is 0 Å². The molecule has 16 heavy (non-hydrogen) atoms. The van der Waals surface area contributed by atoms with E-state index in [0.717, 1.165) is 31.5 Å². The van der Waals surface area contributed by atoms with Crippen molar-refractivity contribution >= 4 is 17.3 Å². The van der Waals surface area contributed by atoms with Crippen LogP contribution in [-0.4, -0.2) is 18.2 Å². The van der Waals surface area contributed by atoms with Crippen LogP contribution in [0.1, 0.15) is 24.5 Å². The fourth-order valence-electron chi connectivity index (χ4n) is 2.20. The van der Waals surface area contributed by atoms with Gasteiger partial charge in [-0.2, -0.15) is 0 Å². The molecule has 0 radical (unpaired) electrons. The maximum absolute atomic E-state index is 10.3. The summed E-state index contributed by atoms with van der Waals surface area (Å²) in [6.45, 7) is 1.88. The average molecular weight is 241 g/mol. The van der Waals surface area contributed by atoms with Gasteiger partial charge in [-0.05, 0) is 37.6 Å². The summed E-state index contributed by atoms with van der Waals surface area (Å²) in [5, 5.41) is 14.2. The van der Waals surface area contributed by atoms with E-state index in [1.165, 1.54) is 0 Å². The number of nitrogens with two attached hydrogens (primary N) is 1. The lowest BCUT2D eigenvalue weighted by Crippen LogP contribution is -2.33. The number of nitrogens with one attached hydrogen (secondary N) is 1. The molecule has 1 heterocycles. The Labute approximate surface area is 101 Å². The van der Waals surface area contributed by atoms with E-state index in [0.29, 0.717) is 10.7 Å². The molecule has 1 aliphatic rings. The first-order valence-corrected chi connectivity index (χ1v) is 6.00. The minimum atomic E-state index is -0.522. The minimum absolute atomic E-state index is 0.231. The third-order valence-corrected chi connectivity index (χ3v) is 3.38. The van der Waals surface area contributed by atoms with E-state index in [1.54, 1.807) is 18.2 Å². The van der Waals surface area contributed by atoms with Crippen molar-refractivity contribution in [1.82, 2.24) is 5.32 Å². The number of hydrogen-bond acceptors (Lipinski definition) is 3. The molecule has 1 aliphatic heterocycles. The Morgan fingerprint density at radius 3 is 3.00 bits per heavy atom. The lowest BCUT2D eigenvalue weighted by molar-refractivity contribution is 0.0928. The van der Waals surface area contributed by atoms with E-state index in [2.05, 4.69) is 5.32 Å². The molecule has 0 bridgehead atoms. The molecule has 4 N–H and O–H groups in total. The molecule has 3 nitrogen and oxygen atoms in total. The predicted octanol–water partition coefficient (Wildman–Crippen LogP) is 1.96. The van der Waals surface area contributed by atoms with Crippen LogP contribution < -0.4 is 11.1 Å². The SMILES string of the molecule is Nc1ccc(Cl)cc1C(O)C1CCCNC1. The van der Waals surface area contributed by atoms with E-state index in [-0.39, 0.29) is 5.92 Å². The summed E-state index contributed by atoms with van der Waals surface area (Å²) in [6.07, 6.45) is 1.61. The van der Waals surface area contributed by atoms with E-state index < -0.39 is 6.10 Å². The summed E-state index contributed by atoms with van der Waals surface area (Å²) in [4.78, 5) is 0. The average Bonchev–Trinajstić information content (AvgIpc) is 2.32. The van der Waals surface area contributed by atoms with Crippen LogP contribution in [0.4, 0.5) is 5.69 Å². The maximum atomic E-state index is 10.3. The highest BCUT2D eigenvalue weighted by Gasteiger charge is 2.24. The van der Waals surface area contributed by atoms with Crippen molar-refractivity contribution in [3.63, 3.8) is 0 Å². The van der Waals surface area contributed by atoms with E-state index in [1.807, 2.05) is 0 Å². The van der Waals surface area contributed by atoms with Crippen molar-refractivity contribution < 1.29 is 5.11 Å².